The fourth-order valence-corrected chi connectivity index (χ4v) is 3.78. The molecule has 29 heavy (non-hydrogen) atoms. The topological polar surface area (TPSA) is 60.6 Å². The van der Waals surface area contributed by atoms with Gasteiger partial charge in [-0.1, -0.05) is 0 Å². The number of pyridine rings is 1. The molecule has 1 atom stereocenters. The molecule has 1 saturated heterocycles. The third-order valence-corrected chi connectivity index (χ3v) is 5.91. The molecule has 0 amide bonds. The van der Waals surface area contributed by atoms with Crippen LogP contribution >= 0.6 is 12.2 Å². The van der Waals surface area contributed by atoms with Gasteiger partial charge in [0.25, 0.3) is 5.56 Å². The maximum absolute atomic E-state index is 12.7. The molecule has 2 aromatic rings. The molecule has 0 aliphatic carbocycles. The van der Waals surface area contributed by atoms with Gasteiger partial charge in [0.2, 0.25) is 0 Å². The highest BCUT2D eigenvalue weighted by Crippen LogP contribution is 2.18. The number of benzene rings is 1. The molecule has 0 saturated carbocycles. The number of thiocarbonyl (C=S) groups is 1. The van der Waals surface area contributed by atoms with Crippen LogP contribution in [-0.4, -0.2) is 66.3 Å². The Morgan fingerprint density at radius 1 is 1.24 bits per heavy atom. The molecule has 1 aromatic carbocycles. The summed E-state index contributed by atoms with van der Waals surface area (Å²) in [4.78, 5) is 19.9. The van der Waals surface area contributed by atoms with Gasteiger partial charge >= 0.3 is 0 Å². The lowest BCUT2D eigenvalue weighted by Gasteiger charge is -2.28. The van der Waals surface area contributed by atoms with Crippen LogP contribution in [0.25, 0.3) is 10.9 Å². The van der Waals surface area contributed by atoms with Crippen LogP contribution in [0.5, 0.6) is 0 Å². The molecule has 1 aliphatic heterocycles. The molecule has 158 valence electrons. The van der Waals surface area contributed by atoms with Crippen LogP contribution in [0.1, 0.15) is 29.5 Å². The third kappa shape index (κ3) is 5.78. The van der Waals surface area contributed by atoms with Gasteiger partial charge in [0.1, 0.15) is 0 Å². The molecule has 1 aliphatic rings. The van der Waals surface area contributed by atoms with Crippen LogP contribution in [0.15, 0.2) is 23.0 Å². The first-order chi connectivity index (χ1) is 13.8. The summed E-state index contributed by atoms with van der Waals surface area (Å²) in [6, 6.07) is 6.15. The third-order valence-electron chi connectivity index (χ3n) is 5.51. The van der Waals surface area contributed by atoms with Crippen molar-refractivity contribution in [1.29, 1.82) is 0 Å². The van der Waals surface area contributed by atoms with Crippen LogP contribution < -0.4 is 10.9 Å². The second kappa shape index (κ2) is 9.69. The van der Waals surface area contributed by atoms with Crippen molar-refractivity contribution in [1.82, 2.24) is 20.1 Å². The van der Waals surface area contributed by atoms with Crippen LogP contribution in [0.2, 0.25) is 0 Å². The summed E-state index contributed by atoms with van der Waals surface area (Å²) >= 11 is 5.67. The van der Waals surface area contributed by atoms with E-state index < -0.39 is 0 Å². The summed E-state index contributed by atoms with van der Waals surface area (Å²) in [5.41, 5.74) is 3.93. The van der Waals surface area contributed by atoms with Gasteiger partial charge in [0.05, 0.1) is 12.6 Å². The molecule has 2 heterocycles. The Hall–Kier alpha value is -1.96. The van der Waals surface area contributed by atoms with Crippen molar-refractivity contribution in [2.75, 3.05) is 40.3 Å². The summed E-state index contributed by atoms with van der Waals surface area (Å²) < 4.78 is 5.68. The first-order valence-corrected chi connectivity index (χ1v) is 10.7. The van der Waals surface area contributed by atoms with E-state index >= 15 is 0 Å². The van der Waals surface area contributed by atoms with Crippen LogP contribution in [-0.2, 0) is 11.3 Å². The Bertz CT molecular complexity index is 919. The number of hydrogen-bond acceptors (Lipinski definition) is 4. The largest absolute Gasteiger partial charge is 0.376 e. The quantitative estimate of drug-likeness (QED) is 0.677. The lowest BCUT2D eigenvalue weighted by atomic mass is 10.0. The smallest absolute Gasteiger partial charge is 0.253 e. The maximum Gasteiger partial charge on any atom is 0.253 e. The zero-order valence-corrected chi connectivity index (χ0v) is 18.7. The van der Waals surface area contributed by atoms with Gasteiger partial charge < -0.3 is 24.8 Å². The van der Waals surface area contributed by atoms with E-state index in [2.05, 4.69) is 40.0 Å². The molecule has 1 fully saturated rings. The van der Waals surface area contributed by atoms with Crippen LogP contribution in [0, 0.1) is 13.8 Å². The Kier molecular flexibility index (Phi) is 7.27. The monoisotopic (exact) mass is 416 g/mol. The van der Waals surface area contributed by atoms with E-state index in [1.807, 2.05) is 26.2 Å². The van der Waals surface area contributed by atoms with Gasteiger partial charge in [-0.05, 0) is 87.7 Å². The van der Waals surface area contributed by atoms with Crippen molar-refractivity contribution >= 4 is 28.2 Å². The normalized spacial score (nSPS) is 16.5. The van der Waals surface area contributed by atoms with Gasteiger partial charge in [0.15, 0.2) is 5.11 Å². The SMILES string of the molecule is Cc1cc2cc(CN(CCN(C)C)C(=S)NCC3CCCO3)c(=O)[nH]c2cc1C. The molecule has 6 nitrogen and oxygen atoms in total. The molecule has 0 spiro atoms. The summed E-state index contributed by atoms with van der Waals surface area (Å²) in [6.45, 7) is 7.76. The lowest BCUT2D eigenvalue weighted by molar-refractivity contribution is 0.113. The number of aromatic amines is 1. The summed E-state index contributed by atoms with van der Waals surface area (Å²) in [6.07, 6.45) is 2.39. The number of likely N-dealkylation sites (N-methyl/N-ethyl adjacent to an activating group) is 1. The number of ether oxygens (including phenoxy) is 1. The zero-order chi connectivity index (χ0) is 21.0. The Morgan fingerprint density at radius 2 is 2.00 bits per heavy atom. The molecular weight excluding hydrogens is 384 g/mol. The maximum atomic E-state index is 12.7. The molecule has 0 bridgehead atoms. The molecule has 3 rings (SSSR count). The molecule has 1 unspecified atom stereocenters. The minimum atomic E-state index is -0.0578. The van der Waals surface area contributed by atoms with Crippen molar-refractivity contribution in [2.45, 2.75) is 39.3 Å². The van der Waals surface area contributed by atoms with E-state index in [0.29, 0.717) is 18.2 Å². The van der Waals surface area contributed by atoms with Gasteiger partial charge in [-0.2, -0.15) is 0 Å². The number of aryl methyl sites for hydroxylation is 2. The minimum absolute atomic E-state index is 0.0578. The molecule has 1 aromatic heterocycles. The van der Waals surface area contributed by atoms with E-state index in [1.165, 1.54) is 11.1 Å². The first kappa shape index (κ1) is 21.7. The summed E-state index contributed by atoms with van der Waals surface area (Å²) in [5.74, 6) is 0. The standard InChI is InChI=1S/C22H32N4O2S/c1-15-10-17-12-18(21(27)24-20(17)11-16(15)2)14-26(8-7-25(3)4)22(29)23-13-19-6-5-9-28-19/h10-12,19H,5-9,13-14H2,1-4H3,(H,23,29)(H,24,27). The highest BCUT2D eigenvalue weighted by molar-refractivity contribution is 7.80. The van der Waals surface area contributed by atoms with Crippen LogP contribution in [0.3, 0.4) is 0 Å². The number of aromatic nitrogens is 1. The van der Waals surface area contributed by atoms with E-state index in [1.54, 1.807) is 0 Å². The van der Waals surface area contributed by atoms with Gasteiger partial charge in [-0.3, -0.25) is 4.79 Å². The van der Waals surface area contributed by atoms with Crippen molar-refractivity contribution < 1.29 is 4.74 Å². The van der Waals surface area contributed by atoms with Crippen LogP contribution in [0.4, 0.5) is 0 Å². The first-order valence-electron chi connectivity index (χ1n) is 10.3. The molecule has 2 N–H and O–H groups in total. The highest BCUT2D eigenvalue weighted by Gasteiger charge is 2.18. The second-order valence-corrected chi connectivity index (χ2v) is 8.58. The number of nitrogens with one attached hydrogen (secondary N) is 2. The average molecular weight is 417 g/mol. The molecule has 0 radical (unpaired) electrons. The average Bonchev–Trinajstić information content (AvgIpc) is 3.18. The van der Waals surface area contributed by atoms with Crippen molar-refractivity contribution in [2.24, 2.45) is 0 Å². The second-order valence-electron chi connectivity index (χ2n) is 8.19. The van der Waals surface area contributed by atoms with Crippen molar-refractivity contribution in [3.63, 3.8) is 0 Å². The Labute approximate surface area is 178 Å². The van der Waals surface area contributed by atoms with E-state index in [-0.39, 0.29) is 11.7 Å². The zero-order valence-electron chi connectivity index (χ0n) is 17.9. The number of fused-ring (bicyclic) bond motifs is 1. The Morgan fingerprint density at radius 3 is 2.69 bits per heavy atom. The summed E-state index contributed by atoms with van der Waals surface area (Å²) in [7, 11) is 4.07. The van der Waals surface area contributed by atoms with E-state index in [9.17, 15) is 4.79 Å². The summed E-state index contributed by atoms with van der Waals surface area (Å²) in [5, 5.41) is 5.06. The van der Waals surface area contributed by atoms with Gasteiger partial charge in [0, 0.05) is 37.3 Å². The van der Waals surface area contributed by atoms with Gasteiger partial charge in [-0.25, -0.2) is 0 Å². The Balaban J connectivity index is 1.78. The predicted octanol–water partition coefficient (Wildman–Crippen LogP) is 2.56. The van der Waals surface area contributed by atoms with Crippen molar-refractivity contribution in [3.8, 4) is 0 Å². The molecule has 7 heteroatoms. The fourth-order valence-electron chi connectivity index (χ4n) is 3.54. The number of hydrogen-bond donors (Lipinski definition) is 2. The minimum Gasteiger partial charge on any atom is -0.376 e. The van der Waals surface area contributed by atoms with Crippen molar-refractivity contribution in [3.05, 3.63) is 45.2 Å². The fraction of sp³-hybridized carbons (Fsp3) is 0.545. The van der Waals surface area contributed by atoms with E-state index in [0.717, 1.165) is 49.0 Å². The predicted molar refractivity (Wildman–Crippen MR) is 123 cm³/mol. The van der Waals surface area contributed by atoms with Gasteiger partial charge in [-0.15, -0.1) is 0 Å². The lowest BCUT2D eigenvalue weighted by Crippen LogP contribution is -2.45. The highest BCUT2D eigenvalue weighted by atomic mass is 32.1. The molecular formula is C22H32N4O2S. The number of nitrogens with zero attached hydrogens (tertiary/aromatic N) is 2. The number of H-pyrrole nitrogens is 1. The number of rotatable bonds is 7. The van der Waals surface area contributed by atoms with E-state index in [4.69, 9.17) is 17.0 Å².